The van der Waals surface area contributed by atoms with Gasteiger partial charge in [0.25, 0.3) is 10.0 Å². The summed E-state index contributed by atoms with van der Waals surface area (Å²) in [6.45, 7) is 0. The molecule has 0 saturated carbocycles. The third kappa shape index (κ3) is 2.80. The van der Waals surface area contributed by atoms with Crippen molar-refractivity contribution in [3.63, 3.8) is 0 Å². The summed E-state index contributed by atoms with van der Waals surface area (Å²) < 4.78 is 27.2. The Bertz CT molecular complexity index is 659. The molecule has 0 radical (unpaired) electrons. The number of halogens is 1. The average Bonchev–Trinajstić information content (AvgIpc) is 2.34. The zero-order chi connectivity index (χ0) is 13.2. The molecule has 3 N–H and O–H groups in total. The van der Waals surface area contributed by atoms with Crippen LogP contribution >= 0.6 is 15.9 Å². The van der Waals surface area contributed by atoms with Gasteiger partial charge in [0.1, 0.15) is 4.90 Å². The first-order valence-corrected chi connectivity index (χ1v) is 7.24. The molecule has 1 aromatic heterocycles. The number of hydrogen-bond acceptors (Lipinski definition) is 4. The van der Waals surface area contributed by atoms with Crippen LogP contribution in [0.4, 0.5) is 11.4 Å². The largest absolute Gasteiger partial charge is 0.397 e. The van der Waals surface area contributed by atoms with E-state index in [9.17, 15) is 8.42 Å². The van der Waals surface area contributed by atoms with Gasteiger partial charge in [-0.3, -0.25) is 9.71 Å². The summed E-state index contributed by atoms with van der Waals surface area (Å²) in [7, 11) is -3.66. The fraction of sp³-hybridized carbons (Fsp3) is 0. The Morgan fingerprint density at radius 3 is 2.67 bits per heavy atom. The van der Waals surface area contributed by atoms with Crippen LogP contribution in [0.5, 0.6) is 0 Å². The van der Waals surface area contributed by atoms with E-state index in [-0.39, 0.29) is 4.90 Å². The van der Waals surface area contributed by atoms with E-state index in [1.807, 2.05) is 0 Å². The molecule has 1 aromatic carbocycles. The molecule has 7 heteroatoms. The van der Waals surface area contributed by atoms with Crippen molar-refractivity contribution >= 4 is 37.3 Å². The van der Waals surface area contributed by atoms with E-state index in [0.29, 0.717) is 11.4 Å². The molecule has 0 fully saturated rings. The molecule has 0 aliphatic rings. The minimum absolute atomic E-state index is 0.0901. The number of aromatic nitrogens is 1. The normalized spacial score (nSPS) is 11.2. The van der Waals surface area contributed by atoms with Gasteiger partial charge in [-0.1, -0.05) is 15.9 Å². The van der Waals surface area contributed by atoms with Gasteiger partial charge in [0, 0.05) is 16.9 Å². The molecule has 18 heavy (non-hydrogen) atoms. The van der Waals surface area contributed by atoms with Crippen LogP contribution in [0.25, 0.3) is 0 Å². The maximum Gasteiger partial charge on any atom is 0.263 e. The fourth-order valence-electron chi connectivity index (χ4n) is 1.34. The predicted octanol–water partition coefficient (Wildman–Crippen LogP) is 2.23. The third-order valence-electron chi connectivity index (χ3n) is 2.20. The van der Waals surface area contributed by atoms with E-state index in [4.69, 9.17) is 5.73 Å². The molecule has 1 heterocycles. The molecule has 0 spiro atoms. The van der Waals surface area contributed by atoms with Gasteiger partial charge in [0.05, 0.1) is 11.4 Å². The van der Waals surface area contributed by atoms with Crippen LogP contribution in [-0.4, -0.2) is 13.4 Å². The van der Waals surface area contributed by atoms with Crippen LogP contribution in [0.3, 0.4) is 0 Å². The van der Waals surface area contributed by atoms with Crippen molar-refractivity contribution < 1.29 is 8.42 Å². The maximum atomic E-state index is 12.0. The highest BCUT2D eigenvalue weighted by Crippen LogP contribution is 2.25. The molecule has 2 rings (SSSR count). The lowest BCUT2D eigenvalue weighted by Gasteiger charge is -2.10. The monoisotopic (exact) mass is 327 g/mol. The van der Waals surface area contributed by atoms with Gasteiger partial charge in [-0.05, 0) is 30.3 Å². The quantitative estimate of drug-likeness (QED) is 0.846. The summed E-state index contributed by atoms with van der Waals surface area (Å²) in [5, 5.41) is 0. The summed E-state index contributed by atoms with van der Waals surface area (Å²) in [5.41, 5.74) is 6.41. The van der Waals surface area contributed by atoms with Crippen molar-refractivity contribution in [1.29, 1.82) is 0 Å². The molecule has 0 aliphatic heterocycles. The first-order chi connectivity index (χ1) is 8.49. The summed E-state index contributed by atoms with van der Waals surface area (Å²) in [6, 6.07) is 7.94. The number of rotatable bonds is 3. The van der Waals surface area contributed by atoms with E-state index >= 15 is 0 Å². The summed E-state index contributed by atoms with van der Waals surface area (Å²) in [6.07, 6.45) is 2.78. The number of hydrogen-bond donors (Lipinski definition) is 2. The molecule has 0 saturated heterocycles. The Labute approximate surface area is 113 Å². The SMILES string of the molecule is Nc1cc(Br)ccc1NS(=O)(=O)c1cccnc1. The molecular weight excluding hydrogens is 318 g/mol. The molecule has 5 nitrogen and oxygen atoms in total. The number of benzene rings is 1. The topological polar surface area (TPSA) is 85.1 Å². The first kappa shape index (κ1) is 12.8. The van der Waals surface area contributed by atoms with Gasteiger partial charge in [-0.2, -0.15) is 0 Å². The predicted molar refractivity (Wildman–Crippen MR) is 73.6 cm³/mol. The van der Waals surface area contributed by atoms with Crippen molar-refractivity contribution in [1.82, 2.24) is 4.98 Å². The van der Waals surface area contributed by atoms with Gasteiger partial charge in [0.2, 0.25) is 0 Å². The Morgan fingerprint density at radius 2 is 2.06 bits per heavy atom. The Kier molecular flexibility index (Phi) is 3.53. The second kappa shape index (κ2) is 4.95. The van der Waals surface area contributed by atoms with Crippen molar-refractivity contribution in [3.8, 4) is 0 Å². The van der Waals surface area contributed by atoms with Crippen molar-refractivity contribution in [2.24, 2.45) is 0 Å². The van der Waals surface area contributed by atoms with Crippen molar-refractivity contribution in [2.75, 3.05) is 10.5 Å². The molecule has 0 amide bonds. The number of sulfonamides is 1. The highest BCUT2D eigenvalue weighted by atomic mass is 79.9. The number of anilines is 2. The molecule has 0 unspecified atom stereocenters. The Balaban J connectivity index is 2.34. The number of nitrogens with one attached hydrogen (secondary N) is 1. The molecule has 94 valence electrons. The van der Waals surface area contributed by atoms with Crippen LogP contribution in [0.2, 0.25) is 0 Å². The average molecular weight is 328 g/mol. The van der Waals surface area contributed by atoms with Crippen molar-refractivity contribution in [2.45, 2.75) is 4.90 Å². The molecular formula is C11H10BrN3O2S. The standard InChI is InChI=1S/C11H10BrN3O2S/c12-8-3-4-11(10(13)6-8)15-18(16,17)9-2-1-5-14-7-9/h1-7,15H,13H2. The van der Waals surface area contributed by atoms with Gasteiger partial charge in [-0.15, -0.1) is 0 Å². The smallest absolute Gasteiger partial charge is 0.263 e. The Morgan fingerprint density at radius 1 is 1.28 bits per heavy atom. The second-order valence-electron chi connectivity index (χ2n) is 3.53. The lowest BCUT2D eigenvalue weighted by molar-refractivity contribution is 0.601. The van der Waals surface area contributed by atoms with Gasteiger partial charge < -0.3 is 5.73 Å². The fourth-order valence-corrected chi connectivity index (χ4v) is 2.77. The second-order valence-corrected chi connectivity index (χ2v) is 6.12. The summed E-state index contributed by atoms with van der Waals surface area (Å²) in [4.78, 5) is 3.86. The lowest BCUT2D eigenvalue weighted by atomic mass is 10.3. The molecule has 0 atom stereocenters. The van der Waals surface area contributed by atoms with Crippen LogP contribution in [-0.2, 0) is 10.0 Å². The number of nitrogens with zero attached hydrogens (tertiary/aromatic N) is 1. The third-order valence-corrected chi connectivity index (χ3v) is 4.05. The van der Waals surface area contributed by atoms with E-state index < -0.39 is 10.0 Å². The van der Waals surface area contributed by atoms with Crippen LogP contribution in [0.15, 0.2) is 52.1 Å². The minimum atomic E-state index is -3.66. The number of nitrogens with two attached hydrogens (primary N) is 1. The van der Waals surface area contributed by atoms with Gasteiger partial charge >= 0.3 is 0 Å². The zero-order valence-corrected chi connectivity index (χ0v) is 11.6. The molecule has 2 aromatic rings. The maximum absolute atomic E-state index is 12.0. The molecule has 0 aliphatic carbocycles. The minimum Gasteiger partial charge on any atom is -0.397 e. The highest BCUT2D eigenvalue weighted by molar-refractivity contribution is 9.10. The van der Waals surface area contributed by atoms with Gasteiger partial charge in [-0.25, -0.2) is 8.42 Å². The zero-order valence-electron chi connectivity index (χ0n) is 9.17. The summed E-state index contributed by atoms with van der Waals surface area (Å²) in [5.74, 6) is 0. The molecule has 0 bridgehead atoms. The van der Waals surface area contributed by atoms with E-state index in [1.165, 1.54) is 18.5 Å². The number of pyridine rings is 1. The van der Waals surface area contributed by atoms with Crippen molar-refractivity contribution in [3.05, 3.63) is 47.2 Å². The van der Waals surface area contributed by atoms with Crippen LogP contribution in [0.1, 0.15) is 0 Å². The van der Waals surface area contributed by atoms with E-state index in [1.54, 1.807) is 24.3 Å². The van der Waals surface area contributed by atoms with E-state index in [2.05, 4.69) is 25.6 Å². The number of nitrogen functional groups attached to an aromatic ring is 1. The van der Waals surface area contributed by atoms with Gasteiger partial charge in [0.15, 0.2) is 0 Å². The highest BCUT2D eigenvalue weighted by Gasteiger charge is 2.15. The first-order valence-electron chi connectivity index (χ1n) is 4.97. The van der Waals surface area contributed by atoms with E-state index in [0.717, 1.165) is 4.47 Å². The lowest BCUT2D eigenvalue weighted by Crippen LogP contribution is -2.14. The van der Waals surface area contributed by atoms with Crippen LogP contribution < -0.4 is 10.5 Å². The Hall–Kier alpha value is -1.60. The van der Waals surface area contributed by atoms with Crippen LogP contribution in [0, 0.1) is 0 Å². The summed E-state index contributed by atoms with van der Waals surface area (Å²) >= 11 is 3.25.